The Bertz CT molecular complexity index is 5250. The number of aliphatic hydroxyl groups excluding tert-OH is 20. The highest BCUT2D eigenvalue weighted by molar-refractivity contribution is 7.11. The first-order valence-electron chi connectivity index (χ1n) is 42.4. The van der Waals surface area contributed by atoms with Crippen LogP contribution >= 0.6 is 56.7 Å². The minimum absolute atomic E-state index is 0. The van der Waals surface area contributed by atoms with E-state index in [1.807, 2.05) is 93.6 Å². The summed E-state index contributed by atoms with van der Waals surface area (Å²) >= 11 is 7.47. The molecule has 21 N–H and O–H groups in total. The number of hydrogen-bond acceptors (Lipinski definition) is 38. The Morgan fingerprint density at radius 1 is 0.311 bits per heavy atom. The standard InChI is InChI=1S/C19H20O7S.C19H24O6S.C18H22O7S.C17H20O7S.C17H20O6S.C7H4.2H2/c1-2-24-12-5-3-11(4-6-12)9-15-13(7-8-27-15)25-19-18(23)17(22)16(21)14(10-20)26-19;1-2-11-3-5-12(6-4-11)9-15-13(7-8-26-15)24-19-18(23)17(22)16(21)14(10-20)25-19;1-23-11-4-2-10(3-5-11)8-14-12(6-7-26-14)24-18-17(22)16(21)15(20)13(9-19)25-18;18-8-12-14(20)15(21)16(22)17(24-12)23-11-5-6-25-13(11)7-9-1-3-10(19)4-2-9;18-9-12-14(19)15(20)16(21)17(23-12)22-11-6-7-24-13(11)8-10-4-2-1-3-5-10;1-3-5-7-6-4-2;;/h1,3-8,14,16-23H,9-10H2;3-8,14,16-23H,2,9-10H2,1H3;2-7,13,15-22H,8-9H2,1H3;1-6,12,14-22H,7-8H2;1-7,12,14-21H,8-9H2;1H,2H3;2*1H. The van der Waals surface area contributed by atoms with Gasteiger partial charge >= 0.3 is 0 Å². The molecule has 25 atom stereocenters. The summed E-state index contributed by atoms with van der Waals surface area (Å²) in [6.07, 6.45) is -16.3. The predicted molar refractivity (Wildman–Crippen MR) is 501 cm³/mol. The van der Waals surface area contributed by atoms with Crippen LogP contribution in [0.15, 0.2) is 185 Å². The molecule has 5 aliphatic rings. The molecule has 10 heterocycles. The highest BCUT2D eigenvalue weighted by Crippen LogP contribution is 2.39. The Kier molecular flexibility index (Phi) is 42.8. The second-order valence-electron chi connectivity index (χ2n) is 30.8. The Balaban J connectivity index is 0.000000206. The second kappa shape index (κ2) is 53.8. The van der Waals surface area contributed by atoms with Gasteiger partial charge in [0.05, 0.1) is 64.5 Å². The molecule has 25 unspecified atom stereocenters. The number of rotatable bonds is 28. The zero-order chi connectivity index (χ0) is 97.4. The lowest BCUT2D eigenvalue weighted by atomic mass is 9.99. The molecular formula is C97H114O33S5. The molecule has 0 saturated carbocycles. The van der Waals surface area contributed by atoms with Crippen molar-refractivity contribution in [3.63, 3.8) is 0 Å². The smallest absolute Gasteiger partial charge is 0.229 e. The number of thiophene rings is 5. The number of hydrogen-bond donors (Lipinski definition) is 21. The van der Waals surface area contributed by atoms with Crippen molar-refractivity contribution in [1.82, 2.24) is 0 Å². The normalized spacial score (nSPS) is 27.7. The van der Waals surface area contributed by atoms with Gasteiger partial charge in [-0.25, -0.2) is 0 Å². The van der Waals surface area contributed by atoms with Gasteiger partial charge in [0.25, 0.3) is 0 Å². The third-order valence-electron chi connectivity index (χ3n) is 21.6. The Morgan fingerprint density at radius 3 is 0.807 bits per heavy atom. The van der Waals surface area contributed by atoms with Crippen LogP contribution in [0.4, 0.5) is 0 Å². The lowest BCUT2D eigenvalue weighted by molar-refractivity contribution is -0.277. The molecule has 33 nitrogen and oxygen atoms in total. The van der Waals surface area contributed by atoms with Gasteiger partial charge < -0.3 is 164 Å². The number of benzene rings is 5. The van der Waals surface area contributed by atoms with E-state index in [0.29, 0.717) is 66.6 Å². The predicted octanol–water partition coefficient (Wildman–Crippen LogP) is 3.97. The van der Waals surface area contributed by atoms with Gasteiger partial charge in [-0.15, -0.1) is 63.1 Å². The molecule has 10 aromatic rings. The topological polar surface area (TPSA) is 536 Å². The molecule has 38 heteroatoms. The van der Waals surface area contributed by atoms with Crippen LogP contribution in [0.1, 0.15) is 74.5 Å². The first-order valence-corrected chi connectivity index (χ1v) is 46.8. The summed E-state index contributed by atoms with van der Waals surface area (Å²) in [5, 5.41) is 214. The molecule has 0 bridgehead atoms. The molecule has 5 fully saturated rings. The van der Waals surface area contributed by atoms with Crippen LogP contribution in [0.25, 0.3) is 0 Å². The molecule has 730 valence electrons. The molecule has 0 amide bonds. The van der Waals surface area contributed by atoms with Crippen LogP contribution in [-0.4, -0.2) is 301 Å². The van der Waals surface area contributed by atoms with Crippen LogP contribution in [0.2, 0.25) is 0 Å². The Hall–Kier alpha value is -9.76. The zero-order valence-electron chi connectivity index (χ0n) is 73.1. The zero-order valence-corrected chi connectivity index (χ0v) is 77.2. The lowest BCUT2D eigenvalue weighted by Gasteiger charge is -2.39. The number of methoxy groups -OCH3 is 1. The van der Waals surface area contributed by atoms with Crippen molar-refractivity contribution in [2.75, 3.05) is 40.1 Å². The molecule has 5 aliphatic heterocycles. The van der Waals surface area contributed by atoms with Crippen molar-refractivity contribution < 1.29 is 167 Å². The van der Waals surface area contributed by atoms with E-state index in [0.717, 1.165) is 64.4 Å². The van der Waals surface area contributed by atoms with Crippen LogP contribution < -0.4 is 33.2 Å². The SMILES string of the molecule is C#CC#CC#CC.C#COc1ccc(Cc2sccc2OC2OC(CO)C(O)C(O)C2O)cc1.CCc1ccc(Cc2sccc2OC2OC(CO)C(O)C(O)C2O)cc1.COc1ccc(Cc2sccc2OC2OC(CO)C(O)C(O)C2O)cc1.OCC1OC(Oc2ccsc2Cc2ccc(O)cc2)C(O)C(O)C1O.OCC1OC(Oc2ccsc2Cc2ccccc2)C(O)C(O)C1O.[HH].[HH]. The molecule has 5 saturated heterocycles. The van der Waals surface area contributed by atoms with Gasteiger partial charge in [-0.2, -0.15) is 0 Å². The van der Waals surface area contributed by atoms with E-state index in [4.69, 9.17) is 69.7 Å². The first kappa shape index (κ1) is 107. The van der Waals surface area contributed by atoms with Crippen molar-refractivity contribution >= 4 is 56.7 Å². The van der Waals surface area contributed by atoms with Crippen LogP contribution in [0.3, 0.4) is 0 Å². The summed E-state index contributed by atoms with van der Waals surface area (Å²) in [6.45, 7) is 1.36. The van der Waals surface area contributed by atoms with Crippen molar-refractivity contribution in [2.24, 2.45) is 0 Å². The minimum Gasteiger partial charge on any atom is -0.508 e. The molecule has 5 aromatic carbocycles. The van der Waals surface area contributed by atoms with Gasteiger partial charge in [-0.3, -0.25) is 0 Å². The maximum Gasteiger partial charge on any atom is 0.229 e. The van der Waals surface area contributed by atoms with Crippen molar-refractivity contribution in [2.45, 2.75) is 206 Å². The Morgan fingerprint density at radius 2 is 0.563 bits per heavy atom. The molecular weight excluding hydrogens is 1850 g/mol. The van der Waals surface area contributed by atoms with Crippen molar-refractivity contribution in [3.8, 4) is 94.6 Å². The molecule has 0 spiro atoms. The number of aryl methyl sites for hydroxylation is 1. The molecule has 5 aromatic heterocycles. The highest BCUT2D eigenvalue weighted by Gasteiger charge is 2.50. The summed E-state index contributed by atoms with van der Waals surface area (Å²) in [5.74, 6) is 16.2. The summed E-state index contributed by atoms with van der Waals surface area (Å²) < 4.78 is 65.7. The number of aromatic hydroxyl groups is 1. The number of phenols is 1. The Labute approximate surface area is 801 Å². The van der Waals surface area contributed by atoms with Crippen LogP contribution in [0.5, 0.6) is 46.0 Å². The maximum absolute atomic E-state index is 10.1. The van der Waals surface area contributed by atoms with E-state index >= 15 is 0 Å². The van der Waals surface area contributed by atoms with Crippen LogP contribution in [-0.2, 0) is 62.2 Å². The number of ether oxygens (including phenoxy) is 12. The fraction of sp³-hybridized carbons (Fsp3) is 0.402. The monoisotopic (exact) mass is 1970 g/mol. The average Bonchev–Trinajstić information content (AvgIpc) is 1.58. The van der Waals surface area contributed by atoms with Gasteiger partial charge in [0.15, 0.2) is 0 Å². The second-order valence-corrected chi connectivity index (χ2v) is 35.8. The summed E-state index contributed by atoms with van der Waals surface area (Å²) in [4.78, 5) is 4.61. The van der Waals surface area contributed by atoms with E-state index in [2.05, 4.69) is 66.9 Å². The van der Waals surface area contributed by atoms with E-state index in [1.165, 1.54) is 62.2 Å². The number of aliphatic hydroxyl groups is 20. The van der Waals surface area contributed by atoms with E-state index in [1.54, 1.807) is 80.8 Å². The van der Waals surface area contributed by atoms with Crippen LogP contribution in [0, 0.1) is 48.6 Å². The number of terminal acetylenes is 2. The minimum atomic E-state index is -1.48. The summed E-state index contributed by atoms with van der Waals surface area (Å²) in [5.41, 5.74) is 6.57. The lowest BCUT2D eigenvalue weighted by Crippen LogP contribution is -2.60. The van der Waals surface area contributed by atoms with E-state index in [9.17, 15) is 107 Å². The van der Waals surface area contributed by atoms with Gasteiger partial charge in [0, 0.05) is 35.0 Å². The fourth-order valence-corrected chi connectivity index (χ4v) is 18.1. The maximum atomic E-state index is 10.1. The largest absolute Gasteiger partial charge is 0.508 e. The fourth-order valence-electron chi connectivity index (χ4n) is 13.9. The molecule has 135 heavy (non-hydrogen) atoms. The summed E-state index contributed by atoms with van der Waals surface area (Å²) in [7, 11) is 1.61. The van der Waals surface area contributed by atoms with Gasteiger partial charge in [0.2, 0.25) is 31.5 Å². The number of phenolic OH excluding ortho intramolecular Hbond substituents is 1. The van der Waals surface area contributed by atoms with Gasteiger partial charge in [0.1, 0.15) is 174 Å². The van der Waals surface area contributed by atoms with E-state index < -0.39 is 187 Å². The molecule has 15 rings (SSSR count). The highest BCUT2D eigenvalue weighted by atomic mass is 32.1. The average molecular weight is 1970 g/mol. The van der Waals surface area contributed by atoms with E-state index in [-0.39, 0.29) is 8.60 Å². The van der Waals surface area contributed by atoms with Crippen molar-refractivity contribution in [3.05, 3.63) is 242 Å². The third-order valence-corrected chi connectivity index (χ3v) is 26.1. The molecule has 0 radical (unpaired) electrons. The van der Waals surface area contributed by atoms with Crippen molar-refractivity contribution in [1.29, 1.82) is 0 Å². The van der Waals surface area contributed by atoms with Gasteiger partial charge in [-0.1, -0.05) is 110 Å². The first-order chi connectivity index (χ1) is 65.1. The summed E-state index contributed by atoms with van der Waals surface area (Å²) in [6, 6.07) is 48.7. The third kappa shape index (κ3) is 29.9. The molecule has 0 aliphatic carbocycles. The van der Waals surface area contributed by atoms with Gasteiger partial charge in [-0.05, 0) is 164 Å². The quantitative estimate of drug-likeness (QED) is 0.0308.